The molecule has 0 aromatic rings. The molecule has 0 aromatic heterocycles. The second-order valence-corrected chi connectivity index (χ2v) is 6.48. The molecule has 0 bridgehead atoms. The number of nitrogens with zero attached hydrogens (tertiary/aromatic N) is 1. The Kier molecular flexibility index (Phi) is 5.29. The summed E-state index contributed by atoms with van der Waals surface area (Å²) in [7, 11) is 1.84. The van der Waals surface area contributed by atoms with Gasteiger partial charge in [-0.2, -0.15) is 0 Å². The fourth-order valence-corrected chi connectivity index (χ4v) is 1.88. The van der Waals surface area contributed by atoms with Gasteiger partial charge in [-0.25, -0.2) is 0 Å². The molecule has 1 fully saturated rings. The summed E-state index contributed by atoms with van der Waals surface area (Å²) in [6, 6.07) is 0.649. The second-order valence-electron chi connectivity index (χ2n) is 6.48. The van der Waals surface area contributed by atoms with Crippen LogP contribution in [0, 0.1) is 11.3 Å². The van der Waals surface area contributed by atoms with Gasteiger partial charge >= 0.3 is 0 Å². The zero-order chi connectivity index (χ0) is 12.9. The molecule has 0 spiro atoms. The predicted molar refractivity (Wildman–Crippen MR) is 75.4 cm³/mol. The fraction of sp³-hybridized carbons (Fsp3) is 0.929. The molecule has 0 aliphatic heterocycles. The number of nitrogens with one attached hydrogen (secondary N) is 2. The summed E-state index contributed by atoms with van der Waals surface area (Å²) in [6.45, 7) is 10.2. The van der Waals surface area contributed by atoms with Crippen molar-refractivity contribution in [1.82, 2.24) is 10.6 Å². The lowest BCUT2D eigenvalue weighted by atomic mass is 9.90. The lowest BCUT2D eigenvalue weighted by Gasteiger charge is -2.18. The number of aliphatic imine (C=N–C) groups is 1. The minimum atomic E-state index is 0.462. The molecule has 2 atom stereocenters. The van der Waals surface area contributed by atoms with Crippen molar-refractivity contribution in [2.75, 3.05) is 13.6 Å². The third-order valence-electron chi connectivity index (χ3n) is 3.30. The van der Waals surface area contributed by atoms with Crippen LogP contribution in [0.5, 0.6) is 0 Å². The summed E-state index contributed by atoms with van der Waals surface area (Å²) in [5, 5.41) is 6.82. The molecule has 0 saturated heterocycles. The maximum Gasteiger partial charge on any atom is 0.191 e. The van der Waals surface area contributed by atoms with Crippen LogP contribution in [0.25, 0.3) is 0 Å². The van der Waals surface area contributed by atoms with Gasteiger partial charge in [-0.15, -0.1) is 0 Å². The average molecular weight is 239 g/mol. The SMILES string of the molecule is CN=C(NCCCCC(C)(C)C)NC1CC1C. The third-order valence-corrected chi connectivity index (χ3v) is 3.30. The number of unbranched alkanes of at least 4 members (excludes halogenated alkanes) is 1. The molecule has 3 nitrogen and oxygen atoms in total. The monoisotopic (exact) mass is 239 g/mol. The molecule has 100 valence electrons. The van der Waals surface area contributed by atoms with E-state index in [2.05, 4.69) is 43.3 Å². The van der Waals surface area contributed by atoms with E-state index in [1.165, 1.54) is 25.7 Å². The molecule has 0 amide bonds. The van der Waals surface area contributed by atoms with Crippen LogP contribution in [0.15, 0.2) is 4.99 Å². The van der Waals surface area contributed by atoms with Crippen LogP contribution in [-0.4, -0.2) is 25.6 Å². The molecular formula is C14H29N3. The zero-order valence-corrected chi connectivity index (χ0v) is 12.1. The molecule has 2 unspecified atom stereocenters. The minimum absolute atomic E-state index is 0.462. The molecule has 1 saturated carbocycles. The normalized spacial score (nSPS) is 24.6. The van der Waals surface area contributed by atoms with E-state index < -0.39 is 0 Å². The van der Waals surface area contributed by atoms with Gasteiger partial charge in [0.25, 0.3) is 0 Å². The summed E-state index contributed by atoms with van der Waals surface area (Å²) in [5.74, 6) is 1.78. The van der Waals surface area contributed by atoms with E-state index in [9.17, 15) is 0 Å². The van der Waals surface area contributed by atoms with Crippen LogP contribution in [0.4, 0.5) is 0 Å². The van der Waals surface area contributed by atoms with Crippen molar-refractivity contribution in [3.8, 4) is 0 Å². The van der Waals surface area contributed by atoms with E-state index in [1.54, 1.807) is 0 Å². The largest absolute Gasteiger partial charge is 0.356 e. The van der Waals surface area contributed by atoms with Crippen LogP contribution < -0.4 is 10.6 Å². The first-order valence-electron chi connectivity index (χ1n) is 6.89. The quantitative estimate of drug-likeness (QED) is 0.440. The van der Waals surface area contributed by atoms with E-state index in [0.29, 0.717) is 11.5 Å². The van der Waals surface area contributed by atoms with Crippen molar-refractivity contribution < 1.29 is 0 Å². The maximum absolute atomic E-state index is 4.24. The molecule has 1 rings (SSSR count). The van der Waals surface area contributed by atoms with Crippen molar-refractivity contribution >= 4 is 5.96 Å². The highest BCUT2D eigenvalue weighted by atomic mass is 15.2. The average Bonchev–Trinajstić information content (AvgIpc) is 2.90. The van der Waals surface area contributed by atoms with E-state index >= 15 is 0 Å². The Morgan fingerprint density at radius 1 is 1.29 bits per heavy atom. The molecule has 1 aliphatic rings. The Bertz CT molecular complexity index is 253. The van der Waals surface area contributed by atoms with Crippen LogP contribution in [0.1, 0.15) is 53.4 Å². The first kappa shape index (κ1) is 14.3. The first-order valence-corrected chi connectivity index (χ1v) is 6.89. The standard InChI is InChI=1S/C14H29N3/c1-11-10-12(11)17-13(15-5)16-9-7-6-8-14(2,3)4/h11-12H,6-10H2,1-5H3,(H2,15,16,17). The molecule has 2 N–H and O–H groups in total. The van der Waals surface area contributed by atoms with Crippen LogP contribution in [0.2, 0.25) is 0 Å². The molecule has 0 radical (unpaired) electrons. The molecule has 1 aliphatic carbocycles. The Balaban J connectivity index is 2.04. The van der Waals surface area contributed by atoms with Gasteiger partial charge in [0.05, 0.1) is 0 Å². The van der Waals surface area contributed by atoms with Crippen molar-refractivity contribution in [2.45, 2.75) is 59.4 Å². The Hall–Kier alpha value is -0.730. The lowest BCUT2D eigenvalue weighted by molar-refractivity contribution is 0.360. The minimum Gasteiger partial charge on any atom is -0.356 e. The molecule has 17 heavy (non-hydrogen) atoms. The summed E-state index contributed by atoms with van der Waals surface area (Å²) < 4.78 is 0. The smallest absolute Gasteiger partial charge is 0.191 e. The summed E-state index contributed by atoms with van der Waals surface area (Å²) >= 11 is 0. The van der Waals surface area contributed by atoms with Crippen molar-refractivity contribution in [3.63, 3.8) is 0 Å². The van der Waals surface area contributed by atoms with Gasteiger partial charge in [-0.1, -0.05) is 34.1 Å². The van der Waals surface area contributed by atoms with Gasteiger partial charge in [0.2, 0.25) is 0 Å². The molecule has 0 aromatic carbocycles. The van der Waals surface area contributed by atoms with Gasteiger partial charge in [-0.3, -0.25) is 4.99 Å². The second kappa shape index (κ2) is 6.27. The molecular weight excluding hydrogens is 210 g/mol. The van der Waals surface area contributed by atoms with Crippen LogP contribution in [-0.2, 0) is 0 Å². The van der Waals surface area contributed by atoms with E-state index in [1.807, 2.05) is 7.05 Å². The predicted octanol–water partition coefficient (Wildman–Crippen LogP) is 2.78. The van der Waals surface area contributed by atoms with Crippen molar-refractivity contribution in [2.24, 2.45) is 16.3 Å². The fourth-order valence-electron chi connectivity index (χ4n) is 1.88. The van der Waals surface area contributed by atoms with Gasteiger partial charge in [-0.05, 0) is 30.6 Å². The van der Waals surface area contributed by atoms with Gasteiger partial charge in [0, 0.05) is 19.6 Å². The van der Waals surface area contributed by atoms with Crippen LogP contribution >= 0.6 is 0 Å². The highest BCUT2D eigenvalue weighted by Gasteiger charge is 2.33. The van der Waals surface area contributed by atoms with Crippen molar-refractivity contribution in [3.05, 3.63) is 0 Å². The number of hydrogen-bond donors (Lipinski definition) is 2. The van der Waals surface area contributed by atoms with Crippen molar-refractivity contribution in [1.29, 1.82) is 0 Å². The summed E-state index contributed by atoms with van der Waals surface area (Å²) in [5.41, 5.74) is 0.462. The van der Waals surface area contributed by atoms with E-state index in [4.69, 9.17) is 0 Å². The highest BCUT2D eigenvalue weighted by Crippen LogP contribution is 2.28. The van der Waals surface area contributed by atoms with Gasteiger partial charge in [0.1, 0.15) is 0 Å². The van der Waals surface area contributed by atoms with Crippen LogP contribution in [0.3, 0.4) is 0 Å². The van der Waals surface area contributed by atoms with E-state index in [-0.39, 0.29) is 0 Å². The summed E-state index contributed by atoms with van der Waals surface area (Å²) in [4.78, 5) is 4.24. The van der Waals surface area contributed by atoms with Gasteiger partial charge < -0.3 is 10.6 Å². The number of hydrogen-bond acceptors (Lipinski definition) is 1. The Labute approximate surface area is 106 Å². The topological polar surface area (TPSA) is 36.4 Å². The van der Waals surface area contributed by atoms with E-state index in [0.717, 1.165) is 18.4 Å². The zero-order valence-electron chi connectivity index (χ0n) is 12.1. The Morgan fingerprint density at radius 2 is 1.94 bits per heavy atom. The van der Waals surface area contributed by atoms with Gasteiger partial charge in [0.15, 0.2) is 5.96 Å². The molecule has 3 heteroatoms. The summed E-state index contributed by atoms with van der Waals surface area (Å²) in [6.07, 6.45) is 5.08. The lowest BCUT2D eigenvalue weighted by Crippen LogP contribution is -2.39. The first-order chi connectivity index (χ1) is 7.92. The molecule has 0 heterocycles. The number of rotatable bonds is 5. The third kappa shape index (κ3) is 6.54. The highest BCUT2D eigenvalue weighted by molar-refractivity contribution is 5.80. The Morgan fingerprint density at radius 3 is 2.41 bits per heavy atom. The number of guanidine groups is 1. The maximum atomic E-state index is 4.24.